The van der Waals surface area contributed by atoms with Crippen molar-refractivity contribution in [1.82, 2.24) is 5.32 Å². The highest BCUT2D eigenvalue weighted by Crippen LogP contribution is 2.22. The molecule has 0 spiro atoms. The third-order valence-electron chi connectivity index (χ3n) is 3.64. The lowest BCUT2D eigenvalue weighted by atomic mass is 10.0. The quantitative estimate of drug-likeness (QED) is 0.904. The van der Waals surface area contributed by atoms with Crippen molar-refractivity contribution < 1.29 is 12.8 Å². The maximum absolute atomic E-state index is 12.9. The van der Waals surface area contributed by atoms with Gasteiger partial charge in [-0.25, -0.2) is 12.8 Å². The number of rotatable bonds is 5. The molecular formula is C14H21FN2O2S. The van der Waals surface area contributed by atoms with Crippen LogP contribution in [-0.2, 0) is 10.0 Å². The summed E-state index contributed by atoms with van der Waals surface area (Å²) in [6, 6.07) is 5.60. The number of piperidine rings is 1. The Balaban J connectivity index is 2.14. The first-order valence-corrected chi connectivity index (χ1v) is 8.60. The fraction of sp³-hybridized carbons (Fsp3) is 0.571. The number of hydrogen-bond acceptors (Lipinski definition) is 3. The molecule has 0 unspecified atom stereocenters. The van der Waals surface area contributed by atoms with Crippen LogP contribution in [0.4, 0.5) is 10.1 Å². The molecular weight excluding hydrogens is 279 g/mol. The molecule has 112 valence electrons. The van der Waals surface area contributed by atoms with Gasteiger partial charge in [0.1, 0.15) is 5.82 Å². The van der Waals surface area contributed by atoms with Crippen LogP contribution in [0.15, 0.2) is 24.3 Å². The topological polar surface area (TPSA) is 49.4 Å². The molecule has 20 heavy (non-hydrogen) atoms. The van der Waals surface area contributed by atoms with E-state index in [0.29, 0.717) is 12.2 Å². The summed E-state index contributed by atoms with van der Waals surface area (Å²) in [5, 5.41) is 3.23. The third-order valence-corrected chi connectivity index (χ3v) is 5.68. The summed E-state index contributed by atoms with van der Waals surface area (Å²) in [6.07, 6.45) is 1.78. The van der Waals surface area contributed by atoms with Gasteiger partial charge in [0, 0.05) is 6.54 Å². The number of halogens is 1. The van der Waals surface area contributed by atoms with E-state index in [1.54, 1.807) is 6.92 Å². The summed E-state index contributed by atoms with van der Waals surface area (Å²) in [6.45, 7) is 3.91. The van der Waals surface area contributed by atoms with Gasteiger partial charge >= 0.3 is 0 Å². The smallest absolute Gasteiger partial charge is 0.235 e. The zero-order valence-electron chi connectivity index (χ0n) is 11.7. The van der Waals surface area contributed by atoms with E-state index in [2.05, 4.69) is 5.32 Å². The van der Waals surface area contributed by atoms with Crippen LogP contribution in [-0.4, -0.2) is 33.8 Å². The Morgan fingerprint density at radius 2 is 1.85 bits per heavy atom. The van der Waals surface area contributed by atoms with E-state index in [1.807, 2.05) is 0 Å². The van der Waals surface area contributed by atoms with E-state index in [-0.39, 0.29) is 17.5 Å². The number of nitrogens with one attached hydrogen (secondary N) is 1. The summed E-state index contributed by atoms with van der Waals surface area (Å²) >= 11 is 0. The molecule has 1 fully saturated rings. The predicted molar refractivity (Wildman–Crippen MR) is 78.8 cm³/mol. The zero-order valence-corrected chi connectivity index (χ0v) is 12.5. The zero-order chi connectivity index (χ0) is 14.6. The second kappa shape index (κ2) is 6.54. The first kappa shape index (κ1) is 15.3. The number of hydrogen-bond donors (Lipinski definition) is 1. The van der Waals surface area contributed by atoms with Crippen LogP contribution in [0.1, 0.15) is 19.8 Å². The van der Waals surface area contributed by atoms with Crippen molar-refractivity contribution in [2.75, 3.05) is 29.7 Å². The van der Waals surface area contributed by atoms with Crippen molar-refractivity contribution in [2.24, 2.45) is 5.92 Å². The Labute approximate surface area is 120 Å². The number of nitrogens with zero attached hydrogens (tertiary/aromatic N) is 1. The molecule has 0 aliphatic carbocycles. The van der Waals surface area contributed by atoms with Gasteiger partial charge in [-0.05, 0) is 63.0 Å². The average molecular weight is 300 g/mol. The Hall–Kier alpha value is -1.14. The number of sulfonamides is 1. The standard InChI is InChI=1S/C14H21FN2O2S/c1-2-17(14-5-3-13(15)4-6-14)20(18,19)11-12-7-9-16-10-8-12/h3-6,12,16H,2,7-11H2,1H3. The van der Waals surface area contributed by atoms with Gasteiger partial charge in [0.15, 0.2) is 0 Å². The Morgan fingerprint density at radius 1 is 1.25 bits per heavy atom. The first-order valence-electron chi connectivity index (χ1n) is 6.99. The minimum Gasteiger partial charge on any atom is -0.317 e. The van der Waals surface area contributed by atoms with Crippen molar-refractivity contribution in [3.8, 4) is 0 Å². The highest BCUT2D eigenvalue weighted by atomic mass is 32.2. The van der Waals surface area contributed by atoms with Gasteiger partial charge in [-0.2, -0.15) is 0 Å². The second-order valence-corrected chi connectivity index (χ2v) is 7.05. The molecule has 1 saturated heterocycles. The fourth-order valence-corrected chi connectivity index (χ4v) is 4.53. The first-order chi connectivity index (χ1) is 9.53. The van der Waals surface area contributed by atoms with E-state index in [9.17, 15) is 12.8 Å². The lowest BCUT2D eigenvalue weighted by Gasteiger charge is -2.28. The maximum Gasteiger partial charge on any atom is 0.235 e. The Kier molecular flexibility index (Phi) is 4.99. The maximum atomic E-state index is 12.9. The van der Waals surface area contributed by atoms with Crippen LogP contribution >= 0.6 is 0 Å². The molecule has 0 aromatic heterocycles. The van der Waals surface area contributed by atoms with Crippen LogP contribution in [0, 0.1) is 11.7 Å². The van der Waals surface area contributed by atoms with Gasteiger partial charge in [0.2, 0.25) is 10.0 Å². The molecule has 6 heteroatoms. The van der Waals surface area contributed by atoms with Gasteiger partial charge in [0.25, 0.3) is 0 Å². The lowest BCUT2D eigenvalue weighted by molar-refractivity contribution is 0.401. The molecule has 0 atom stereocenters. The summed E-state index contributed by atoms with van der Waals surface area (Å²) in [5.74, 6) is 0.0104. The van der Waals surface area contributed by atoms with E-state index >= 15 is 0 Å². The molecule has 1 aromatic rings. The van der Waals surface area contributed by atoms with Crippen LogP contribution in [0.3, 0.4) is 0 Å². The van der Waals surface area contributed by atoms with E-state index < -0.39 is 10.0 Å². The van der Waals surface area contributed by atoms with E-state index in [0.717, 1.165) is 25.9 Å². The molecule has 1 N–H and O–H groups in total. The Morgan fingerprint density at radius 3 is 2.40 bits per heavy atom. The molecule has 0 amide bonds. The third kappa shape index (κ3) is 3.70. The average Bonchev–Trinajstić information content (AvgIpc) is 2.42. The van der Waals surface area contributed by atoms with E-state index in [4.69, 9.17) is 0 Å². The van der Waals surface area contributed by atoms with Crippen molar-refractivity contribution >= 4 is 15.7 Å². The normalized spacial score (nSPS) is 17.1. The van der Waals surface area contributed by atoms with Gasteiger partial charge in [-0.3, -0.25) is 4.31 Å². The van der Waals surface area contributed by atoms with Crippen molar-refractivity contribution in [3.63, 3.8) is 0 Å². The molecule has 1 aliphatic rings. The summed E-state index contributed by atoms with van der Waals surface area (Å²) < 4.78 is 39.4. The molecule has 1 aliphatic heterocycles. The van der Waals surface area contributed by atoms with Gasteiger partial charge in [-0.15, -0.1) is 0 Å². The molecule has 0 saturated carbocycles. The minimum absolute atomic E-state index is 0.167. The number of anilines is 1. The van der Waals surface area contributed by atoms with Crippen LogP contribution in [0.25, 0.3) is 0 Å². The predicted octanol–water partition coefficient (Wildman–Crippen LogP) is 1.98. The molecule has 2 rings (SSSR count). The second-order valence-electron chi connectivity index (χ2n) is 5.11. The molecule has 1 heterocycles. The number of benzene rings is 1. The van der Waals surface area contributed by atoms with Gasteiger partial charge in [0.05, 0.1) is 11.4 Å². The molecule has 1 aromatic carbocycles. The van der Waals surface area contributed by atoms with Crippen molar-refractivity contribution in [3.05, 3.63) is 30.1 Å². The molecule has 4 nitrogen and oxygen atoms in total. The molecule has 0 bridgehead atoms. The van der Waals surface area contributed by atoms with Gasteiger partial charge < -0.3 is 5.32 Å². The van der Waals surface area contributed by atoms with Crippen molar-refractivity contribution in [2.45, 2.75) is 19.8 Å². The van der Waals surface area contributed by atoms with Crippen LogP contribution in [0.2, 0.25) is 0 Å². The largest absolute Gasteiger partial charge is 0.317 e. The highest BCUT2D eigenvalue weighted by molar-refractivity contribution is 7.92. The summed E-state index contributed by atoms with van der Waals surface area (Å²) in [4.78, 5) is 0. The minimum atomic E-state index is -3.35. The summed E-state index contributed by atoms with van der Waals surface area (Å²) in [5.41, 5.74) is 0.530. The van der Waals surface area contributed by atoms with Crippen LogP contribution in [0.5, 0.6) is 0 Å². The fourth-order valence-electron chi connectivity index (χ4n) is 2.58. The Bertz CT molecular complexity index is 525. The SMILES string of the molecule is CCN(c1ccc(F)cc1)S(=O)(=O)CC1CCNCC1. The lowest BCUT2D eigenvalue weighted by Crippen LogP contribution is -2.38. The molecule has 0 radical (unpaired) electrons. The van der Waals surface area contributed by atoms with Gasteiger partial charge in [-0.1, -0.05) is 0 Å². The van der Waals surface area contributed by atoms with E-state index in [1.165, 1.54) is 28.6 Å². The van der Waals surface area contributed by atoms with Crippen molar-refractivity contribution in [1.29, 1.82) is 0 Å². The summed E-state index contributed by atoms with van der Waals surface area (Å²) in [7, 11) is -3.35. The van der Waals surface area contributed by atoms with Crippen LogP contribution < -0.4 is 9.62 Å². The monoisotopic (exact) mass is 300 g/mol. The highest BCUT2D eigenvalue weighted by Gasteiger charge is 2.26.